The van der Waals surface area contributed by atoms with E-state index in [-0.39, 0.29) is 5.71 Å². The van der Waals surface area contributed by atoms with Crippen molar-refractivity contribution in [3.05, 3.63) is 42.6 Å². The Labute approximate surface area is 130 Å². The summed E-state index contributed by atoms with van der Waals surface area (Å²) >= 11 is 1.53. The molecule has 0 atom stereocenters. The molecule has 0 saturated heterocycles. The molecule has 0 radical (unpaired) electrons. The van der Waals surface area contributed by atoms with Crippen LogP contribution in [0.5, 0.6) is 0 Å². The van der Waals surface area contributed by atoms with Crippen LogP contribution in [0.25, 0.3) is 20.9 Å². The summed E-state index contributed by atoms with van der Waals surface area (Å²) in [6, 6.07) is 14.6. The van der Waals surface area contributed by atoms with Gasteiger partial charge in [-0.3, -0.25) is 5.43 Å². The van der Waals surface area contributed by atoms with Gasteiger partial charge in [-0.15, -0.1) is 0 Å². The monoisotopic (exact) mass is 304 g/mol. The molecule has 3 rings (SSSR count). The first-order valence-electron chi connectivity index (χ1n) is 6.26. The van der Waals surface area contributed by atoms with Gasteiger partial charge in [0, 0.05) is 11.8 Å². The Bertz CT molecular complexity index is 878. The first-order valence-corrected chi connectivity index (χ1v) is 7.07. The fourth-order valence-electron chi connectivity index (χ4n) is 1.78. The lowest BCUT2D eigenvalue weighted by Crippen LogP contribution is -1.96. The highest BCUT2D eigenvalue weighted by atomic mass is 32.1. The third kappa shape index (κ3) is 2.75. The second-order valence-electron chi connectivity index (χ2n) is 4.22. The zero-order valence-electron chi connectivity index (χ0n) is 11.2. The van der Waals surface area contributed by atoms with Crippen molar-refractivity contribution in [2.45, 2.75) is 0 Å². The minimum atomic E-state index is -0.221. The molecule has 0 aliphatic heterocycles. The van der Waals surface area contributed by atoms with Crippen LogP contribution in [-0.2, 0) is 0 Å². The van der Waals surface area contributed by atoms with Crippen molar-refractivity contribution >= 4 is 33.1 Å². The lowest BCUT2D eigenvalue weighted by molar-refractivity contribution is 1.34. The fourth-order valence-corrected chi connectivity index (χ4v) is 2.69. The molecule has 22 heavy (non-hydrogen) atoms. The van der Waals surface area contributed by atoms with E-state index in [4.69, 9.17) is 10.5 Å². The fraction of sp³-hybridized carbons (Fsp3) is 0. The standard InChI is InChI=1S/C15H8N6S/c16-8-12(9-17)21-20-11-5-3-10(4-6-11)14-19-13-2-1-7-18-15(13)22-14/h1-7,20H. The molecule has 0 unspecified atom stereocenters. The van der Waals surface area contributed by atoms with E-state index in [1.807, 2.05) is 36.4 Å². The van der Waals surface area contributed by atoms with Gasteiger partial charge in [0.15, 0.2) is 0 Å². The van der Waals surface area contributed by atoms with Crippen molar-refractivity contribution < 1.29 is 0 Å². The highest BCUT2D eigenvalue weighted by molar-refractivity contribution is 7.21. The van der Waals surface area contributed by atoms with E-state index in [1.165, 1.54) is 11.3 Å². The lowest BCUT2D eigenvalue weighted by atomic mass is 10.2. The molecule has 2 heterocycles. The molecule has 0 spiro atoms. The van der Waals surface area contributed by atoms with Crippen molar-refractivity contribution in [1.82, 2.24) is 9.97 Å². The summed E-state index contributed by atoms with van der Waals surface area (Å²) in [5, 5.41) is 21.8. The number of pyridine rings is 1. The van der Waals surface area contributed by atoms with Crippen LogP contribution in [0.15, 0.2) is 47.7 Å². The summed E-state index contributed by atoms with van der Waals surface area (Å²) in [6.45, 7) is 0. The van der Waals surface area contributed by atoms with Gasteiger partial charge in [0.1, 0.15) is 27.5 Å². The van der Waals surface area contributed by atoms with Crippen molar-refractivity contribution in [3.8, 4) is 22.7 Å². The third-order valence-electron chi connectivity index (χ3n) is 2.81. The van der Waals surface area contributed by atoms with Gasteiger partial charge in [-0.05, 0) is 36.4 Å². The molecule has 2 aromatic heterocycles. The summed E-state index contributed by atoms with van der Waals surface area (Å²) in [7, 11) is 0. The second kappa shape index (κ2) is 6.00. The number of aromatic nitrogens is 2. The third-order valence-corrected chi connectivity index (χ3v) is 3.84. The van der Waals surface area contributed by atoms with Gasteiger partial charge in [0.2, 0.25) is 5.71 Å². The number of rotatable bonds is 3. The van der Waals surface area contributed by atoms with Crippen molar-refractivity contribution in [1.29, 1.82) is 10.5 Å². The van der Waals surface area contributed by atoms with Crippen LogP contribution in [0.2, 0.25) is 0 Å². The number of nitrogens with zero attached hydrogens (tertiary/aromatic N) is 5. The first kappa shape index (κ1) is 13.7. The molecule has 0 bridgehead atoms. The molecule has 104 valence electrons. The zero-order valence-corrected chi connectivity index (χ0v) is 12.0. The number of benzene rings is 1. The van der Waals surface area contributed by atoms with Gasteiger partial charge in [0.25, 0.3) is 0 Å². The van der Waals surface area contributed by atoms with Crippen LogP contribution in [0.1, 0.15) is 0 Å². The van der Waals surface area contributed by atoms with E-state index in [0.717, 1.165) is 20.9 Å². The average Bonchev–Trinajstić information content (AvgIpc) is 3.00. The van der Waals surface area contributed by atoms with E-state index >= 15 is 0 Å². The highest BCUT2D eigenvalue weighted by Crippen LogP contribution is 2.29. The molecule has 7 heteroatoms. The second-order valence-corrected chi connectivity index (χ2v) is 5.20. The maximum Gasteiger partial charge on any atom is 0.237 e. The minimum Gasteiger partial charge on any atom is -0.277 e. The Balaban J connectivity index is 1.84. The Kier molecular flexibility index (Phi) is 3.73. The highest BCUT2D eigenvalue weighted by Gasteiger charge is 2.06. The van der Waals surface area contributed by atoms with E-state index in [0.29, 0.717) is 5.69 Å². The smallest absolute Gasteiger partial charge is 0.237 e. The maximum absolute atomic E-state index is 8.61. The predicted octanol–water partition coefficient (Wildman–Crippen LogP) is 3.17. The normalized spacial score (nSPS) is 9.73. The molecule has 1 aromatic carbocycles. The predicted molar refractivity (Wildman–Crippen MR) is 85.1 cm³/mol. The number of hydrogen-bond acceptors (Lipinski definition) is 7. The van der Waals surface area contributed by atoms with Gasteiger partial charge >= 0.3 is 0 Å². The number of fused-ring (bicyclic) bond motifs is 1. The van der Waals surface area contributed by atoms with Gasteiger partial charge in [0.05, 0.1) is 5.69 Å². The SMILES string of the molecule is N#CC(C#N)=NNc1ccc(-c2nc3cccnc3s2)cc1. The van der Waals surface area contributed by atoms with Crippen LogP contribution < -0.4 is 5.43 Å². The Morgan fingerprint density at radius 2 is 1.91 bits per heavy atom. The largest absolute Gasteiger partial charge is 0.277 e. The van der Waals surface area contributed by atoms with E-state index in [9.17, 15) is 0 Å². The molecular weight excluding hydrogens is 296 g/mol. The van der Waals surface area contributed by atoms with Crippen molar-refractivity contribution in [3.63, 3.8) is 0 Å². The Hall–Kier alpha value is -3.29. The Morgan fingerprint density at radius 1 is 1.14 bits per heavy atom. The summed E-state index contributed by atoms with van der Waals surface area (Å²) < 4.78 is 0. The number of hydrogen-bond donors (Lipinski definition) is 1. The van der Waals surface area contributed by atoms with Gasteiger partial charge < -0.3 is 0 Å². The van der Waals surface area contributed by atoms with Crippen LogP contribution in [0.3, 0.4) is 0 Å². The average molecular weight is 304 g/mol. The van der Waals surface area contributed by atoms with E-state index in [2.05, 4.69) is 20.5 Å². The number of nitrogens with one attached hydrogen (secondary N) is 1. The molecule has 0 aliphatic rings. The number of thiazole rings is 1. The molecule has 1 N–H and O–H groups in total. The van der Waals surface area contributed by atoms with Crippen LogP contribution in [-0.4, -0.2) is 15.7 Å². The van der Waals surface area contributed by atoms with Gasteiger partial charge in [-0.1, -0.05) is 11.3 Å². The van der Waals surface area contributed by atoms with Gasteiger partial charge in [-0.25, -0.2) is 9.97 Å². The number of nitriles is 2. The zero-order chi connectivity index (χ0) is 15.4. The molecule has 0 fully saturated rings. The van der Waals surface area contributed by atoms with Gasteiger partial charge in [-0.2, -0.15) is 15.6 Å². The molecular formula is C15H8N6S. The maximum atomic E-state index is 8.61. The van der Waals surface area contributed by atoms with Crippen LogP contribution in [0, 0.1) is 22.7 Å². The molecule has 0 saturated carbocycles. The van der Waals surface area contributed by atoms with Crippen LogP contribution >= 0.6 is 11.3 Å². The summed E-state index contributed by atoms with van der Waals surface area (Å²) in [6.07, 6.45) is 1.75. The quantitative estimate of drug-likeness (QED) is 0.592. The summed E-state index contributed by atoms with van der Waals surface area (Å²) in [5.41, 5.74) is 4.98. The molecule has 6 nitrogen and oxygen atoms in total. The lowest BCUT2D eigenvalue weighted by Gasteiger charge is -2.01. The molecule has 0 aliphatic carbocycles. The van der Waals surface area contributed by atoms with E-state index in [1.54, 1.807) is 18.3 Å². The number of hydrazone groups is 1. The first-order chi connectivity index (χ1) is 10.8. The minimum absolute atomic E-state index is 0.221. The molecule has 0 amide bonds. The van der Waals surface area contributed by atoms with Crippen molar-refractivity contribution in [2.75, 3.05) is 5.43 Å². The summed E-state index contributed by atoms with van der Waals surface area (Å²) in [4.78, 5) is 9.71. The van der Waals surface area contributed by atoms with E-state index < -0.39 is 0 Å². The van der Waals surface area contributed by atoms with Crippen molar-refractivity contribution in [2.24, 2.45) is 5.10 Å². The molecule has 3 aromatic rings. The summed E-state index contributed by atoms with van der Waals surface area (Å²) in [5.74, 6) is 0. The number of anilines is 1. The Morgan fingerprint density at radius 3 is 2.59 bits per heavy atom. The van der Waals surface area contributed by atoms with Crippen LogP contribution in [0.4, 0.5) is 5.69 Å². The topological polar surface area (TPSA) is 97.8 Å².